The number of amides is 1. The third kappa shape index (κ3) is 1.85. The van der Waals surface area contributed by atoms with Crippen LogP contribution in [0.25, 0.3) is 0 Å². The number of carbonyl (C=O) groups excluding carboxylic acids is 1. The third-order valence-corrected chi connectivity index (χ3v) is 3.25. The Kier molecular flexibility index (Phi) is 2.91. The van der Waals surface area contributed by atoms with Crippen molar-refractivity contribution in [3.8, 4) is 0 Å². The fraction of sp³-hybridized carbons (Fsp3) is 0.900. The Bertz CT molecular complexity index is 213. The summed E-state index contributed by atoms with van der Waals surface area (Å²) in [5.41, 5.74) is 0. The molecule has 2 unspecified atom stereocenters. The molecular weight excluding hydrogens is 182 g/mol. The van der Waals surface area contributed by atoms with E-state index in [0.717, 1.165) is 12.8 Å². The quantitative estimate of drug-likeness (QED) is 0.698. The van der Waals surface area contributed by atoms with Gasteiger partial charge < -0.3 is 15.2 Å². The number of rotatable bonds is 2. The van der Waals surface area contributed by atoms with Gasteiger partial charge in [0, 0.05) is 0 Å². The van der Waals surface area contributed by atoms with Crippen molar-refractivity contribution in [1.29, 1.82) is 0 Å². The average Bonchev–Trinajstić information content (AvgIpc) is 2.61. The molecule has 4 heteroatoms. The highest BCUT2D eigenvalue weighted by molar-refractivity contribution is 5.70. The summed E-state index contributed by atoms with van der Waals surface area (Å²) in [6.07, 6.45) is 5.49. The first-order valence-corrected chi connectivity index (χ1v) is 5.39. The van der Waals surface area contributed by atoms with E-state index in [0.29, 0.717) is 5.92 Å². The zero-order valence-corrected chi connectivity index (χ0v) is 8.24. The Morgan fingerprint density at radius 1 is 1.36 bits per heavy atom. The van der Waals surface area contributed by atoms with Gasteiger partial charge in [0.15, 0.2) is 0 Å². The van der Waals surface area contributed by atoms with Crippen LogP contribution in [0, 0.1) is 5.92 Å². The number of cyclic esters (lactones) is 1. The van der Waals surface area contributed by atoms with Crippen molar-refractivity contribution < 1.29 is 14.6 Å². The summed E-state index contributed by atoms with van der Waals surface area (Å²) >= 11 is 0. The Morgan fingerprint density at radius 3 is 2.71 bits per heavy atom. The maximum atomic E-state index is 11.0. The lowest BCUT2D eigenvalue weighted by Crippen LogP contribution is -2.39. The van der Waals surface area contributed by atoms with Crippen LogP contribution in [0.4, 0.5) is 4.79 Å². The molecule has 14 heavy (non-hydrogen) atoms. The van der Waals surface area contributed by atoms with Gasteiger partial charge in [-0.2, -0.15) is 0 Å². The molecule has 0 bridgehead atoms. The maximum absolute atomic E-state index is 11.0. The average molecular weight is 199 g/mol. The highest BCUT2D eigenvalue weighted by Crippen LogP contribution is 2.31. The molecule has 1 heterocycles. The van der Waals surface area contributed by atoms with E-state index in [-0.39, 0.29) is 24.8 Å². The molecule has 0 aromatic rings. The van der Waals surface area contributed by atoms with Crippen LogP contribution in [0.1, 0.15) is 32.1 Å². The highest BCUT2D eigenvalue weighted by Gasteiger charge is 2.39. The van der Waals surface area contributed by atoms with E-state index in [1.807, 2.05) is 0 Å². The fourth-order valence-corrected chi connectivity index (χ4v) is 2.51. The van der Waals surface area contributed by atoms with E-state index in [1.54, 1.807) is 0 Å². The zero-order valence-electron chi connectivity index (χ0n) is 8.24. The van der Waals surface area contributed by atoms with Crippen LogP contribution in [0.15, 0.2) is 0 Å². The Balaban J connectivity index is 1.97. The molecule has 0 aromatic carbocycles. The number of carbonyl (C=O) groups is 1. The van der Waals surface area contributed by atoms with Crippen LogP contribution in [-0.4, -0.2) is 30.0 Å². The van der Waals surface area contributed by atoms with Crippen LogP contribution < -0.4 is 5.32 Å². The first-order chi connectivity index (χ1) is 6.81. The van der Waals surface area contributed by atoms with Crippen LogP contribution >= 0.6 is 0 Å². The van der Waals surface area contributed by atoms with E-state index in [4.69, 9.17) is 9.84 Å². The summed E-state index contributed by atoms with van der Waals surface area (Å²) in [5.74, 6) is 0.444. The van der Waals surface area contributed by atoms with Crippen molar-refractivity contribution >= 4 is 6.09 Å². The molecule has 2 aliphatic rings. The standard InChI is InChI=1S/C10H17NO3/c12-6-8-9(14-10(13)11-8)7-4-2-1-3-5-7/h7-9,12H,1-6H2,(H,11,13). The van der Waals surface area contributed by atoms with Crippen LogP contribution in [-0.2, 0) is 4.74 Å². The van der Waals surface area contributed by atoms with Crippen LogP contribution in [0.3, 0.4) is 0 Å². The second-order valence-electron chi connectivity index (χ2n) is 4.20. The van der Waals surface area contributed by atoms with Crippen molar-refractivity contribution in [3.63, 3.8) is 0 Å². The summed E-state index contributed by atoms with van der Waals surface area (Å²) in [6, 6.07) is -0.189. The van der Waals surface area contributed by atoms with Gasteiger partial charge in [0.05, 0.1) is 12.6 Å². The molecule has 1 saturated heterocycles. The second kappa shape index (κ2) is 4.17. The zero-order chi connectivity index (χ0) is 9.97. The molecule has 1 aliphatic heterocycles. The van der Waals surface area contributed by atoms with E-state index >= 15 is 0 Å². The number of aliphatic hydroxyl groups excluding tert-OH is 1. The topological polar surface area (TPSA) is 58.6 Å². The lowest BCUT2D eigenvalue weighted by Gasteiger charge is -2.28. The van der Waals surface area contributed by atoms with Crippen LogP contribution in [0.2, 0.25) is 0 Å². The number of hydrogen-bond acceptors (Lipinski definition) is 3. The maximum Gasteiger partial charge on any atom is 0.407 e. The first kappa shape index (κ1) is 9.77. The number of ether oxygens (including phenoxy) is 1. The smallest absolute Gasteiger partial charge is 0.407 e. The minimum atomic E-state index is -0.375. The monoisotopic (exact) mass is 199 g/mol. The molecule has 0 radical (unpaired) electrons. The van der Waals surface area contributed by atoms with E-state index < -0.39 is 0 Å². The van der Waals surface area contributed by atoms with Gasteiger partial charge in [-0.1, -0.05) is 19.3 Å². The molecule has 0 aromatic heterocycles. The normalized spacial score (nSPS) is 33.9. The fourth-order valence-electron chi connectivity index (χ4n) is 2.51. The van der Waals surface area contributed by atoms with Gasteiger partial charge in [-0.05, 0) is 18.8 Å². The van der Waals surface area contributed by atoms with Crippen molar-refractivity contribution in [3.05, 3.63) is 0 Å². The Hall–Kier alpha value is -0.770. The molecule has 1 saturated carbocycles. The predicted molar refractivity (Wildman–Crippen MR) is 50.9 cm³/mol. The van der Waals surface area contributed by atoms with E-state index in [1.165, 1.54) is 19.3 Å². The molecule has 1 aliphatic carbocycles. The summed E-state index contributed by atoms with van der Waals surface area (Å²) in [5, 5.41) is 11.7. The van der Waals surface area contributed by atoms with Crippen molar-refractivity contribution in [2.24, 2.45) is 5.92 Å². The SMILES string of the molecule is O=C1NC(CO)C(C2CCCCC2)O1. The number of aliphatic hydroxyl groups is 1. The van der Waals surface area contributed by atoms with Gasteiger partial charge in [-0.3, -0.25) is 0 Å². The third-order valence-electron chi connectivity index (χ3n) is 3.25. The molecule has 2 fully saturated rings. The second-order valence-corrected chi connectivity index (χ2v) is 4.20. The van der Waals surface area contributed by atoms with Gasteiger partial charge in [-0.15, -0.1) is 0 Å². The minimum Gasteiger partial charge on any atom is -0.444 e. The van der Waals surface area contributed by atoms with Crippen molar-refractivity contribution in [2.45, 2.75) is 44.2 Å². The summed E-state index contributed by atoms with van der Waals surface area (Å²) in [4.78, 5) is 11.0. The largest absolute Gasteiger partial charge is 0.444 e. The molecule has 0 spiro atoms. The summed E-state index contributed by atoms with van der Waals surface area (Å²) in [6.45, 7) is -0.0209. The van der Waals surface area contributed by atoms with Crippen molar-refractivity contribution in [2.75, 3.05) is 6.61 Å². The summed E-state index contributed by atoms with van der Waals surface area (Å²) < 4.78 is 5.19. The number of nitrogens with one attached hydrogen (secondary N) is 1. The summed E-state index contributed by atoms with van der Waals surface area (Å²) in [7, 11) is 0. The van der Waals surface area contributed by atoms with Crippen LogP contribution in [0.5, 0.6) is 0 Å². The molecule has 2 rings (SSSR count). The van der Waals surface area contributed by atoms with Gasteiger partial charge in [-0.25, -0.2) is 4.79 Å². The molecular formula is C10H17NO3. The van der Waals surface area contributed by atoms with Gasteiger partial charge in [0.2, 0.25) is 0 Å². The molecule has 1 amide bonds. The molecule has 2 atom stereocenters. The van der Waals surface area contributed by atoms with E-state index in [2.05, 4.69) is 5.32 Å². The minimum absolute atomic E-state index is 0.0209. The lowest BCUT2D eigenvalue weighted by atomic mass is 9.83. The van der Waals surface area contributed by atoms with E-state index in [9.17, 15) is 4.79 Å². The first-order valence-electron chi connectivity index (χ1n) is 5.39. The molecule has 2 N–H and O–H groups in total. The Morgan fingerprint density at radius 2 is 2.07 bits per heavy atom. The Labute approximate surface area is 83.6 Å². The lowest BCUT2D eigenvalue weighted by molar-refractivity contribution is 0.0614. The molecule has 4 nitrogen and oxygen atoms in total. The van der Waals surface area contributed by atoms with Gasteiger partial charge in [0.1, 0.15) is 6.10 Å². The highest BCUT2D eigenvalue weighted by atomic mass is 16.6. The van der Waals surface area contributed by atoms with Gasteiger partial charge in [0.25, 0.3) is 0 Å². The number of alkyl carbamates (subject to hydrolysis) is 1. The predicted octanol–water partition coefficient (Wildman–Crippen LogP) is 1.04. The molecule has 80 valence electrons. The van der Waals surface area contributed by atoms with Crippen molar-refractivity contribution in [1.82, 2.24) is 5.32 Å². The number of hydrogen-bond donors (Lipinski definition) is 2. The van der Waals surface area contributed by atoms with Gasteiger partial charge >= 0.3 is 6.09 Å².